The Morgan fingerprint density at radius 1 is 1.38 bits per heavy atom. The zero-order chi connectivity index (χ0) is 9.64. The van der Waals surface area contributed by atoms with Gasteiger partial charge in [0.1, 0.15) is 6.10 Å². The Bertz CT molecular complexity index is 186. The van der Waals surface area contributed by atoms with Crippen molar-refractivity contribution in [3.05, 3.63) is 0 Å². The Morgan fingerprint density at radius 2 is 2.08 bits per heavy atom. The quantitative estimate of drug-likeness (QED) is 0.655. The maximum Gasteiger partial charge on any atom is 0.187 e. The molecule has 0 amide bonds. The fourth-order valence-corrected chi connectivity index (χ4v) is 1.85. The highest BCUT2D eigenvalue weighted by Gasteiger charge is 2.49. The maximum absolute atomic E-state index is 9.30. The van der Waals surface area contributed by atoms with E-state index in [4.69, 9.17) is 14.2 Å². The predicted molar refractivity (Wildman–Crippen MR) is 45.0 cm³/mol. The van der Waals surface area contributed by atoms with Gasteiger partial charge in [-0.25, -0.2) is 0 Å². The lowest BCUT2D eigenvalue weighted by Gasteiger charge is -2.21. The molecule has 2 saturated heterocycles. The van der Waals surface area contributed by atoms with E-state index in [-0.39, 0.29) is 18.5 Å². The fraction of sp³-hybridized carbons (Fsp3) is 1.00. The topological polar surface area (TPSA) is 47.9 Å². The van der Waals surface area contributed by atoms with Gasteiger partial charge in [0.25, 0.3) is 0 Å². The van der Waals surface area contributed by atoms with Crippen LogP contribution < -0.4 is 0 Å². The summed E-state index contributed by atoms with van der Waals surface area (Å²) in [6.45, 7) is 5.45. The third-order valence-electron chi connectivity index (χ3n) is 2.45. The lowest BCUT2D eigenvalue weighted by Crippen LogP contribution is -2.28. The first-order valence-electron chi connectivity index (χ1n) is 4.67. The summed E-state index contributed by atoms with van der Waals surface area (Å²) in [7, 11) is 0. The minimum Gasteiger partial charge on any atom is -0.391 e. The van der Waals surface area contributed by atoms with Crippen molar-refractivity contribution in [2.24, 2.45) is 0 Å². The summed E-state index contributed by atoms with van der Waals surface area (Å²) in [6, 6.07) is 0. The number of hydrogen-bond acceptors (Lipinski definition) is 4. The number of rotatable bonds is 1. The molecular weight excluding hydrogens is 172 g/mol. The molecule has 0 aromatic rings. The van der Waals surface area contributed by atoms with E-state index in [1.54, 1.807) is 6.92 Å². The second-order valence-corrected chi connectivity index (χ2v) is 4.19. The van der Waals surface area contributed by atoms with Gasteiger partial charge in [-0.2, -0.15) is 0 Å². The molecule has 4 heteroatoms. The van der Waals surface area contributed by atoms with Crippen LogP contribution in [0.3, 0.4) is 0 Å². The van der Waals surface area contributed by atoms with Crippen molar-refractivity contribution in [1.29, 1.82) is 0 Å². The van der Waals surface area contributed by atoms with Gasteiger partial charge in [0.2, 0.25) is 0 Å². The van der Waals surface area contributed by atoms with Crippen molar-refractivity contribution in [2.45, 2.75) is 57.6 Å². The minimum atomic E-state index is -0.543. The molecule has 0 aromatic carbocycles. The first-order valence-corrected chi connectivity index (χ1v) is 4.67. The van der Waals surface area contributed by atoms with Crippen LogP contribution >= 0.6 is 0 Å². The van der Waals surface area contributed by atoms with E-state index >= 15 is 0 Å². The highest BCUT2D eigenvalue weighted by Crippen LogP contribution is 2.37. The molecule has 2 aliphatic rings. The minimum absolute atomic E-state index is 0.0189. The van der Waals surface area contributed by atoms with Crippen molar-refractivity contribution >= 4 is 0 Å². The van der Waals surface area contributed by atoms with Crippen LogP contribution in [0.1, 0.15) is 27.2 Å². The van der Waals surface area contributed by atoms with Crippen LogP contribution in [0.25, 0.3) is 0 Å². The Morgan fingerprint density at radius 3 is 2.62 bits per heavy atom. The van der Waals surface area contributed by atoms with Crippen molar-refractivity contribution in [3.63, 3.8) is 0 Å². The Labute approximate surface area is 77.8 Å². The molecule has 0 spiro atoms. The standard InChI is InChI=1S/C9H16O4/c1-5(10)6-4-7-8(11-6)13-9(2,3)12-7/h5-8,10H,4H2,1-3H3/t5?,6-,7+,8+/m0/s1. The van der Waals surface area contributed by atoms with E-state index < -0.39 is 11.9 Å². The van der Waals surface area contributed by atoms with E-state index in [0.29, 0.717) is 6.42 Å². The SMILES string of the molecule is CC(O)[C@@H]1C[C@H]2OC(C)(C)O[C@H]2O1. The van der Waals surface area contributed by atoms with Crippen molar-refractivity contribution in [3.8, 4) is 0 Å². The summed E-state index contributed by atoms with van der Waals surface area (Å²) in [4.78, 5) is 0. The third-order valence-corrected chi connectivity index (χ3v) is 2.45. The Hall–Kier alpha value is -0.160. The second kappa shape index (κ2) is 2.92. The zero-order valence-electron chi connectivity index (χ0n) is 8.19. The van der Waals surface area contributed by atoms with Crippen LogP contribution in [0.15, 0.2) is 0 Å². The summed E-state index contributed by atoms with van der Waals surface area (Å²) in [5.41, 5.74) is 0. The summed E-state index contributed by atoms with van der Waals surface area (Å²) >= 11 is 0. The highest BCUT2D eigenvalue weighted by molar-refractivity contribution is 4.86. The molecule has 76 valence electrons. The average molecular weight is 188 g/mol. The molecule has 0 bridgehead atoms. The fourth-order valence-electron chi connectivity index (χ4n) is 1.85. The van der Waals surface area contributed by atoms with Crippen LogP contribution in [0.2, 0.25) is 0 Å². The Balaban J connectivity index is 1.97. The van der Waals surface area contributed by atoms with Gasteiger partial charge in [-0.1, -0.05) is 0 Å². The molecule has 1 unspecified atom stereocenters. The molecule has 13 heavy (non-hydrogen) atoms. The van der Waals surface area contributed by atoms with Crippen LogP contribution in [0.4, 0.5) is 0 Å². The van der Waals surface area contributed by atoms with Crippen molar-refractivity contribution < 1.29 is 19.3 Å². The molecule has 0 radical (unpaired) electrons. The molecule has 2 fully saturated rings. The molecular formula is C9H16O4. The lowest BCUT2D eigenvalue weighted by atomic mass is 10.1. The summed E-state index contributed by atoms with van der Waals surface area (Å²) in [6.07, 6.45) is -0.206. The van der Waals surface area contributed by atoms with Crippen molar-refractivity contribution in [1.82, 2.24) is 0 Å². The van der Waals surface area contributed by atoms with Crippen molar-refractivity contribution in [2.75, 3.05) is 0 Å². The smallest absolute Gasteiger partial charge is 0.187 e. The van der Waals surface area contributed by atoms with Gasteiger partial charge in [-0.15, -0.1) is 0 Å². The molecule has 2 aliphatic heterocycles. The molecule has 0 saturated carbocycles. The second-order valence-electron chi connectivity index (χ2n) is 4.19. The van der Waals surface area contributed by atoms with Gasteiger partial charge in [0.15, 0.2) is 12.1 Å². The maximum atomic E-state index is 9.30. The lowest BCUT2D eigenvalue weighted by molar-refractivity contribution is -0.212. The van der Waals surface area contributed by atoms with E-state index in [2.05, 4.69) is 0 Å². The third kappa shape index (κ3) is 1.72. The first-order chi connectivity index (χ1) is 5.98. The van der Waals surface area contributed by atoms with Gasteiger partial charge in [0.05, 0.1) is 12.2 Å². The van der Waals surface area contributed by atoms with E-state index in [1.165, 1.54) is 0 Å². The monoisotopic (exact) mass is 188 g/mol. The summed E-state index contributed by atoms with van der Waals surface area (Å²) in [5.74, 6) is -0.543. The molecule has 4 atom stereocenters. The average Bonchev–Trinajstić information content (AvgIpc) is 2.39. The number of fused-ring (bicyclic) bond motifs is 1. The molecule has 2 heterocycles. The largest absolute Gasteiger partial charge is 0.391 e. The van der Waals surface area contributed by atoms with E-state index in [1.807, 2.05) is 13.8 Å². The molecule has 0 aromatic heterocycles. The molecule has 2 rings (SSSR count). The molecule has 4 nitrogen and oxygen atoms in total. The number of ether oxygens (including phenoxy) is 3. The van der Waals surface area contributed by atoms with Gasteiger partial charge < -0.3 is 19.3 Å². The van der Waals surface area contributed by atoms with Crippen LogP contribution in [-0.4, -0.2) is 35.5 Å². The van der Waals surface area contributed by atoms with Crippen LogP contribution in [0.5, 0.6) is 0 Å². The molecule has 1 N–H and O–H groups in total. The van der Waals surface area contributed by atoms with E-state index in [0.717, 1.165) is 0 Å². The zero-order valence-corrected chi connectivity index (χ0v) is 8.19. The van der Waals surface area contributed by atoms with Gasteiger partial charge in [0, 0.05) is 6.42 Å². The van der Waals surface area contributed by atoms with Crippen LogP contribution in [0, 0.1) is 0 Å². The normalized spacial score (nSPS) is 44.8. The first kappa shape index (κ1) is 9.40. The summed E-state index contributed by atoms with van der Waals surface area (Å²) in [5, 5.41) is 9.30. The highest BCUT2D eigenvalue weighted by atomic mass is 16.8. The predicted octanol–water partition coefficient (Wildman–Crippen LogP) is 0.634. The van der Waals surface area contributed by atoms with Gasteiger partial charge >= 0.3 is 0 Å². The number of hydrogen-bond donors (Lipinski definition) is 1. The van der Waals surface area contributed by atoms with Gasteiger partial charge in [-0.3, -0.25) is 0 Å². The van der Waals surface area contributed by atoms with Crippen LogP contribution in [-0.2, 0) is 14.2 Å². The van der Waals surface area contributed by atoms with Gasteiger partial charge in [-0.05, 0) is 20.8 Å². The van der Waals surface area contributed by atoms with E-state index in [9.17, 15) is 5.11 Å². The summed E-state index contributed by atoms with van der Waals surface area (Å²) < 4.78 is 16.6. The number of aliphatic hydroxyl groups excluding tert-OH is 1. The Kier molecular flexibility index (Phi) is 2.11. The molecule has 0 aliphatic carbocycles. The number of aliphatic hydroxyl groups is 1.